The third-order valence-corrected chi connectivity index (χ3v) is 4.57. The maximum Gasteiger partial charge on any atom is 0.193 e. The van der Waals surface area contributed by atoms with E-state index in [9.17, 15) is 4.39 Å². The minimum Gasteiger partial charge on any atom is -0.352 e. The van der Waals surface area contributed by atoms with E-state index in [1.807, 2.05) is 17.8 Å². The second-order valence-electron chi connectivity index (χ2n) is 5.56. The minimum absolute atomic E-state index is 0.199. The Labute approximate surface area is 124 Å². The zero-order valence-electron chi connectivity index (χ0n) is 12.3. The van der Waals surface area contributed by atoms with Gasteiger partial charge in [-0.1, -0.05) is 12.1 Å². The standard InChI is InChI=1S/C15H22FN3S/c1-15(2)11-19(7-8-20-15)14(17-3)18-10-12-5-4-6-13(16)9-12/h4-6,9H,7-8,10-11H2,1-3H3,(H,17,18). The summed E-state index contributed by atoms with van der Waals surface area (Å²) in [7, 11) is 1.79. The van der Waals surface area contributed by atoms with Gasteiger partial charge >= 0.3 is 0 Å². The number of nitrogens with one attached hydrogen (secondary N) is 1. The van der Waals surface area contributed by atoms with Crippen LogP contribution in [-0.4, -0.2) is 41.5 Å². The molecule has 0 spiro atoms. The Balaban J connectivity index is 1.96. The highest BCUT2D eigenvalue weighted by Crippen LogP contribution is 2.29. The second kappa shape index (κ2) is 6.48. The van der Waals surface area contributed by atoms with Gasteiger partial charge in [-0.2, -0.15) is 11.8 Å². The van der Waals surface area contributed by atoms with Crippen LogP contribution in [0.1, 0.15) is 19.4 Å². The molecule has 1 fully saturated rings. The highest BCUT2D eigenvalue weighted by molar-refractivity contribution is 8.00. The van der Waals surface area contributed by atoms with Gasteiger partial charge < -0.3 is 10.2 Å². The predicted octanol–water partition coefficient (Wildman–Crippen LogP) is 2.73. The molecule has 1 N–H and O–H groups in total. The van der Waals surface area contributed by atoms with Crippen molar-refractivity contribution in [3.8, 4) is 0 Å². The summed E-state index contributed by atoms with van der Waals surface area (Å²) in [5, 5.41) is 3.32. The van der Waals surface area contributed by atoms with Gasteiger partial charge in [-0.05, 0) is 31.5 Å². The summed E-state index contributed by atoms with van der Waals surface area (Å²) < 4.78 is 13.4. The van der Waals surface area contributed by atoms with Crippen LogP contribution in [0.15, 0.2) is 29.3 Å². The quantitative estimate of drug-likeness (QED) is 0.671. The van der Waals surface area contributed by atoms with Gasteiger partial charge in [0.05, 0.1) is 0 Å². The van der Waals surface area contributed by atoms with Crippen molar-refractivity contribution in [2.24, 2.45) is 4.99 Å². The number of hydrogen-bond donors (Lipinski definition) is 1. The van der Waals surface area contributed by atoms with Crippen molar-refractivity contribution in [1.82, 2.24) is 10.2 Å². The number of guanidine groups is 1. The number of thioether (sulfide) groups is 1. The van der Waals surface area contributed by atoms with Crippen molar-refractivity contribution in [3.63, 3.8) is 0 Å². The summed E-state index contributed by atoms with van der Waals surface area (Å²) in [5.41, 5.74) is 0.928. The molecule has 0 amide bonds. The van der Waals surface area contributed by atoms with E-state index in [-0.39, 0.29) is 10.6 Å². The summed E-state index contributed by atoms with van der Waals surface area (Å²) in [6.07, 6.45) is 0. The van der Waals surface area contributed by atoms with Gasteiger partial charge in [-0.25, -0.2) is 4.39 Å². The van der Waals surface area contributed by atoms with Gasteiger partial charge in [0.1, 0.15) is 5.82 Å². The smallest absolute Gasteiger partial charge is 0.193 e. The van der Waals surface area contributed by atoms with Crippen LogP contribution in [0.2, 0.25) is 0 Å². The monoisotopic (exact) mass is 295 g/mol. The van der Waals surface area contributed by atoms with E-state index in [0.717, 1.165) is 30.4 Å². The fraction of sp³-hybridized carbons (Fsp3) is 0.533. The first-order valence-electron chi connectivity index (χ1n) is 6.84. The Kier molecular flexibility index (Phi) is 4.91. The largest absolute Gasteiger partial charge is 0.352 e. The van der Waals surface area contributed by atoms with Gasteiger partial charge in [0.2, 0.25) is 0 Å². The fourth-order valence-electron chi connectivity index (χ4n) is 2.36. The Bertz CT molecular complexity index is 488. The van der Waals surface area contributed by atoms with Crippen LogP contribution in [0, 0.1) is 5.82 Å². The van der Waals surface area contributed by atoms with E-state index in [0.29, 0.717) is 6.54 Å². The van der Waals surface area contributed by atoms with Gasteiger partial charge in [0.25, 0.3) is 0 Å². The van der Waals surface area contributed by atoms with Gasteiger partial charge in [0.15, 0.2) is 5.96 Å². The summed E-state index contributed by atoms with van der Waals surface area (Å²) in [5.74, 6) is 1.80. The summed E-state index contributed by atoms with van der Waals surface area (Å²) in [6.45, 7) is 7.07. The lowest BCUT2D eigenvalue weighted by atomic mass is 10.2. The average molecular weight is 295 g/mol. The van der Waals surface area contributed by atoms with Crippen LogP contribution in [0.3, 0.4) is 0 Å². The first kappa shape index (κ1) is 15.2. The third kappa shape index (κ3) is 4.13. The molecule has 1 heterocycles. The molecule has 0 aliphatic carbocycles. The molecule has 5 heteroatoms. The summed E-state index contributed by atoms with van der Waals surface area (Å²) in [4.78, 5) is 6.62. The lowest BCUT2D eigenvalue weighted by molar-refractivity contribution is 0.375. The molecular formula is C15H22FN3S. The number of hydrogen-bond acceptors (Lipinski definition) is 2. The van der Waals surface area contributed by atoms with Crippen molar-refractivity contribution >= 4 is 17.7 Å². The lowest BCUT2D eigenvalue weighted by Gasteiger charge is -2.39. The van der Waals surface area contributed by atoms with Crippen LogP contribution in [0.4, 0.5) is 4.39 Å². The molecule has 0 saturated carbocycles. The van der Waals surface area contributed by atoms with Crippen molar-refractivity contribution in [2.45, 2.75) is 25.1 Å². The van der Waals surface area contributed by atoms with Crippen LogP contribution >= 0.6 is 11.8 Å². The Hall–Kier alpha value is -1.23. The van der Waals surface area contributed by atoms with Crippen molar-refractivity contribution in [3.05, 3.63) is 35.6 Å². The molecule has 0 bridgehead atoms. The molecular weight excluding hydrogens is 273 g/mol. The van der Waals surface area contributed by atoms with Gasteiger partial charge in [-0.15, -0.1) is 0 Å². The van der Waals surface area contributed by atoms with Crippen molar-refractivity contribution < 1.29 is 4.39 Å². The molecule has 2 rings (SSSR count). The molecule has 1 aromatic carbocycles. The molecule has 0 atom stereocenters. The van der Waals surface area contributed by atoms with Crippen LogP contribution in [0.25, 0.3) is 0 Å². The van der Waals surface area contributed by atoms with Crippen LogP contribution < -0.4 is 5.32 Å². The molecule has 3 nitrogen and oxygen atoms in total. The topological polar surface area (TPSA) is 27.6 Å². The van der Waals surface area contributed by atoms with Gasteiger partial charge in [0, 0.05) is 37.2 Å². The van der Waals surface area contributed by atoms with E-state index in [1.165, 1.54) is 6.07 Å². The maximum atomic E-state index is 13.2. The molecule has 1 aliphatic heterocycles. The first-order chi connectivity index (χ1) is 9.50. The van der Waals surface area contributed by atoms with E-state index < -0.39 is 0 Å². The Morgan fingerprint density at radius 2 is 2.30 bits per heavy atom. The normalized spacial score (nSPS) is 19.0. The molecule has 1 aliphatic rings. The summed E-state index contributed by atoms with van der Waals surface area (Å²) >= 11 is 1.99. The molecule has 0 unspecified atom stereocenters. The predicted molar refractivity (Wildman–Crippen MR) is 84.7 cm³/mol. The zero-order chi connectivity index (χ0) is 14.6. The molecule has 20 heavy (non-hydrogen) atoms. The van der Waals surface area contributed by atoms with Gasteiger partial charge in [-0.3, -0.25) is 4.99 Å². The average Bonchev–Trinajstić information content (AvgIpc) is 2.38. The highest BCUT2D eigenvalue weighted by Gasteiger charge is 2.28. The number of nitrogens with zero attached hydrogens (tertiary/aromatic N) is 2. The minimum atomic E-state index is -0.199. The molecule has 0 radical (unpaired) electrons. The molecule has 0 aromatic heterocycles. The Morgan fingerprint density at radius 3 is 2.95 bits per heavy atom. The van der Waals surface area contributed by atoms with Crippen LogP contribution in [-0.2, 0) is 6.54 Å². The Morgan fingerprint density at radius 1 is 1.50 bits per heavy atom. The van der Waals surface area contributed by atoms with E-state index >= 15 is 0 Å². The number of benzene rings is 1. The first-order valence-corrected chi connectivity index (χ1v) is 7.83. The molecule has 1 aromatic rings. The van der Waals surface area contributed by atoms with Crippen LogP contribution in [0.5, 0.6) is 0 Å². The molecule has 1 saturated heterocycles. The molecule has 110 valence electrons. The van der Waals surface area contributed by atoms with E-state index in [2.05, 4.69) is 29.1 Å². The second-order valence-corrected chi connectivity index (χ2v) is 7.36. The highest BCUT2D eigenvalue weighted by atomic mass is 32.2. The third-order valence-electron chi connectivity index (χ3n) is 3.28. The lowest BCUT2D eigenvalue weighted by Crippen LogP contribution is -2.50. The van der Waals surface area contributed by atoms with Crippen molar-refractivity contribution in [1.29, 1.82) is 0 Å². The number of halogens is 1. The fourth-order valence-corrected chi connectivity index (χ4v) is 3.47. The SMILES string of the molecule is CN=C(NCc1cccc(F)c1)N1CCSC(C)(C)C1. The van der Waals surface area contributed by atoms with E-state index in [1.54, 1.807) is 19.2 Å². The van der Waals surface area contributed by atoms with E-state index in [4.69, 9.17) is 0 Å². The number of rotatable bonds is 2. The zero-order valence-corrected chi connectivity index (χ0v) is 13.1. The maximum absolute atomic E-state index is 13.2. The summed E-state index contributed by atoms with van der Waals surface area (Å²) in [6, 6.07) is 6.66. The number of aliphatic imine (C=N–C) groups is 1. The van der Waals surface area contributed by atoms with Crippen molar-refractivity contribution in [2.75, 3.05) is 25.9 Å².